The summed E-state index contributed by atoms with van der Waals surface area (Å²) >= 11 is 13.7. The number of nitrogens with zero attached hydrogens (tertiary/aromatic N) is 4. The van der Waals surface area contributed by atoms with Crippen molar-refractivity contribution in [3.63, 3.8) is 0 Å². The SMILES string of the molecule is Cc1ccc(-c2nnc(SCC(=O)N3CCOCC3)n2-c2ccc(Cl)c(Cl)c2)cc1. The highest BCUT2D eigenvalue weighted by molar-refractivity contribution is 7.99. The molecule has 0 unspecified atom stereocenters. The maximum absolute atomic E-state index is 12.6. The Labute approximate surface area is 189 Å². The zero-order valence-corrected chi connectivity index (χ0v) is 18.7. The van der Waals surface area contributed by atoms with Gasteiger partial charge in [0.2, 0.25) is 5.91 Å². The van der Waals surface area contributed by atoms with Gasteiger partial charge >= 0.3 is 0 Å². The van der Waals surface area contributed by atoms with Gasteiger partial charge in [-0.3, -0.25) is 9.36 Å². The topological polar surface area (TPSA) is 60.3 Å². The minimum absolute atomic E-state index is 0.0591. The summed E-state index contributed by atoms with van der Waals surface area (Å²) in [6.07, 6.45) is 0. The number of benzene rings is 2. The molecular weight excluding hydrogens is 443 g/mol. The van der Waals surface area contributed by atoms with Crippen LogP contribution in [-0.4, -0.2) is 57.6 Å². The summed E-state index contributed by atoms with van der Waals surface area (Å²) in [7, 11) is 0. The van der Waals surface area contributed by atoms with Crippen LogP contribution < -0.4 is 0 Å². The van der Waals surface area contributed by atoms with Crippen molar-refractivity contribution in [2.45, 2.75) is 12.1 Å². The van der Waals surface area contributed by atoms with Gasteiger partial charge in [0.05, 0.1) is 34.7 Å². The van der Waals surface area contributed by atoms with Crippen LogP contribution in [0.1, 0.15) is 5.56 Å². The molecule has 0 atom stereocenters. The van der Waals surface area contributed by atoms with Crippen LogP contribution >= 0.6 is 35.0 Å². The maximum atomic E-state index is 12.6. The van der Waals surface area contributed by atoms with Gasteiger partial charge in [0.25, 0.3) is 0 Å². The van der Waals surface area contributed by atoms with Crippen LogP contribution in [0, 0.1) is 6.92 Å². The minimum atomic E-state index is 0.0591. The van der Waals surface area contributed by atoms with Gasteiger partial charge in [0.1, 0.15) is 0 Å². The Bertz CT molecular complexity index is 1050. The van der Waals surface area contributed by atoms with Crippen LogP contribution in [0.4, 0.5) is 0 Å². The Kier molecular flexibility index (Phi) is 6.63. The zero-order chi connectivity index (χ0) is 21.1. The van der Waals surface area contributed by atoms with E-state index in [4.69, 9.17) is 27.9 Å². The second-order valence-corrected chi connectivity index (χ2v) is 8.64. The average molecular weight is 463 g/mol. The van der Waals surface area contributed by atoms with Crippen molar-refractivity contribution in [2.75, 3.05) is 32.1 Å². The van der Waals surface area contributed by atoms with Crippen LogP contribution in [0.15, 0.2) is 47.6 Å². The molecule has 1 aromatic heterocycles. The van der Waals surface area contributed by atoms with Crippen molar-refractivity contribution in [1.29, 1.82) is 0 Å². The van der Waals surface area contributed by atoms with Crippen molar-refractivity contribution in [3.8, 4) is 17.1 Å². The molecule has 9 heteroatoms. The molecule has 1 aliphatic rings. The number of morpholine rings is 1. The normalized spacial score (nSPS) is 14.2. The molecular formula is C21H20Cl2N4O2S. The summed E-state index contributed by atoms with van der Waals surface area (Å²) in [5, 5.41) is 10.3. The molecule has 156 valence electrons. The molecule has 1 fully saturated rings. The highest BCUT2D eigenvalue weighted by atomic mass is 35.5. The third-order valence-corrected chi connectivity index (χ3v) is 6.45. The van der Waals surface area contributed by atoms with E-state index in [0.717, 1.165) is 16.8 Å². The molecule has 1 aliphatic heterocycles. The van der Waals surface area contributed by atoms with Gasteiger partial charge in [-0.05, 0) is 25.1 Å². The molecule has 0 spiro atoms. The Morgan fingerprint density at radius 2 is 1.80 bits per heavy atom. The number of ether oxygens (including phenoxy) is 1. The standard InChI is InChI=1S/C21H20Cl2N4O2S/c1-14-2-4-15(5-3-14)20-24-25-21(27(20)16-6-7-17(22)18(23)12-16)30-13-19(28)26-8-10-29-11-9-26/h2-7,12H,8-11,13H2,1H3. The highest BCUT2D eigenvalue weighted by Gasteiger charge is 2.21. The molecule has 2 aromatic carbocycles. The van der Waals surface area contributed by atoms with Crippen LogP contribution in [0.5, 0.6) is 0 Å². The van der Waals surface area contributed by atoms with Crippen LogP contribution in [-0.2, 0) is 9.53 Å². The lowest BCUT2D eigenvalue weighted by molar-refractivity contribution is -0.132. The molecule has 1 amide bonds. The number of hydrogen-bond donors (Lipinski definition) is 0. The number of amides is 1. The fourth-order valence-electron chi connectivity index (χ4n) is 3.14. The molecule has 3 aromatic rings. The van der Waals surface area contributed by atoms with Gasteiger partial charge in [-0.2, -0.15) is 0 Å². The number of rotatable bonds is 5. The van der Waals surface area contributed by atoms with Gasteiger partial charge in [-0.25, -0.2) is 0 Å². The minimum Gasteiger partial charge on any atom is -0.378 e. The number of thioether (sulfide) groups is 1. The summed E-state index contributed by atoms with van der Waals surface area (Å²) in [6.45, 7) is 4.42. The van der Waals surface area contributed by atoms with Crippen LogP contribution in [0.3, 0.4) is 0 Å². The first-order chi connectivity index (χ1) is 14.5. The van der Waals surface area contributed by atoms with Crippen LogP contribution in [0.2, 0.25) is 10.0 Å². The lowest BCUT2D eigenvalue weighted by Crippen LogP contribution is -2.41. The molecule has 0 bridgehead atoms. The van der Waals surface area contributed by atoms with E-state index in [1.54, 1.807) is 12.1 Å². The number of hydrogen-bond acceptors (Lipinski definition) is 5. The smallest absolute Gasteiger partial charge is 0.233 e. The monoisotopic (exact) mass is 462 g/mol. The van der Waals surface area contributed by atoms with Crippen molar-refractivity contribution in [2.24, 2.45) is 0 Å². The first-order valence-corrected chi connectivity index (χ1v) is 11.2. The van der Waals surface area contributed by atoms with Gasteiger partial charge < -0.3 is 9.64 Å². The van der Waals surface area contributed by atoms with Crippen LogP contribution in [0.25, 0.3) is 17.1 Å². The lowest BCUT2D eigenvalue weighted by atomic mass is 10.1. The van der Waals surface area contributed by atoms with E-state index >= 15 is 0 Å². The number of carbonyl (C=O) groups is 1. The van der Waals surface area contributed by atoms with E-state index < -0.39 is 0 Å². The molecule has 0 radical (unpaired) electrons. The predicted octanol–water partition coefficient (Wildman–Crippen LogP) is 4.50. The van der Waals surface area contributed by atoms with E-state index in [1.165, 1.54) is 11.8 Å². The first-order valence-electron chi connectivity index (χ1n) is 9.49. The lowest BCUT2D eigenvalue weighted by Gasteiger charge is -2.26. The fourth-order valence-corrected chi connectivity index (χ4v) is 4.29. The molecule has 6 nitrogen and oxygen atoms in total. The quantitative estimate of drug-likeness (QED) is 0.522. The van der Waals surface area contributed by atoms with E-state index in [1.807, 2.05) is 46.7 Å². The number of aromatic nitrogens is 3. The maximum Gasteiger partial charge on any atom is 0.233 e. The van der Waals surface area contributed by atoms with E-state index in [0.29, 0.717) is 47.3 Å². The van der Waals surface area contributed by atoms with Crippen molar-refractivity contribution >= 4 is 40.9 Å². The molecule has 30 heavy (non-hydrogen) atoms. The van der Waals surface area contributed by atoms with Crippen molar-refractivity contribution in [3.05, 3.63) is 58.1 Å². The zero-order valence-electron chi connectivity index (χ0n) is 16.3. The van der Waals surface area contributed by atoms with E-state index in [9.17, 15) is 4.79 Å². The fraction of sp³-hybridized carbons (Fsp3) is 0.286. The molecule has 4 rings (SSSR count). The number of aryl methyl sites for hydroxylation is 1. The number of carbonyl (C=O) groups excluding carboxylic acids is 1. The highest BCUT2D eigenvalue weighted by Crippen LogP contribution is 2.31. The van der Waals surface area contributed by atoms with Crippen molar-refractivity contribution in [1.82, 2.24) is 19.7 Å². The third-order valence-electron chi connectivity index (χ3n) is 4.79. The van der Waals surface area contributed by atoms with Gasteiger partial charge in [0.15, 0.2) is 11.0 Å². The molecule has 2 heterocycles. The largest absolute Gasteiger partial charge is 0.378 e. The molecule has 0 N–H and O–H groups in total. The molecule has 0 aliphatic carbocycles. The first kappa shape index (κ1) is 21.2. The average Bonchev–Trinajstić information content (AvgIpc) is 3.19. The summed E-state index contributed by atoms with van der Waals surface area (Å²) in [6, 6.07) is 13.4. The summed E-state index contributed by atoms with van der Waals surface area (Å²) in [4.78, 5) is 14.4. The Morgan fingerprint density at radius 1 is 1.07 bits per heavy atom. The van der Waals surface area contributed by atoms with Gasteiger partial charge in [-0.15, -0.1) is 10.2 Å². The summed E-state index contributed by atoms with van der Waals surface area (Å²) < 4.78 is 7.23. The third kappa shape index (κ3) is 4.64. The second-order valence-electron chi connectivity index (χ2n) is 6.89. The molecule has 1 saturated heterocycles. The number of halogens is 2. The van der Waals surface area contributed by atoms with Gasteiger partial charge in [0, 0.05) is 18.7 Å². The molecule has 0 saturated carbocycles. The Morgan fingerprint density at radius 3 is 2.50 bits per heavy atom. The second kappa shape index (κ2) is 9.39. The summed E-state index contributed by atoms with van der Waals surface area (Å²) in [5.74, 6) is 1.01. The predicted molar refractivity (Wildman–Crippen MR) is 120 cm³/mol. The van der Waals surface area contributed by atoms with E-state index in [-0.39, 0.29) is 11.7 Å². The Balaban J connectivity index is 1.66. The Hall–Kier alpha value is -2.06. The van der Waals surface area contributed by atoms with Crippen molar-refractivity contribution < 1.29 is 9.53 Å². The van der Waals surface area contributed by atoms with E-state index in [2.05, 4.69) is 10.2 Å². The van der Waals surface area contributed by atoms with Gasteiger partial charge in [-0.1, -0.05) is 64.8 Å². The summed E-state index contributed by atoms with van der Waals surface area (Å²) in [5.41, 5.74) is 2.86.